The second kappa shape index (κ2) is 6.48. The Morgan fingerprint density at radius 3 is 2.90 bits per heavy atom. The number of nitrogens with zero attached hydrogens (tertiary/aromatic N) is 1. The standard InChI is InChI=1S/C17H25NO3/c1-4-9-17(16(19)20)10-6-11-18(17)13(2)14-7-5-8-15(12-14)21-3/h5,7-8,12-13H,4,6,9-11H2,1-3H3,(H,19,20). The summed E-state index contributed by atoms with van der Waals surface area (Å²) in [6.07, 6.45) is 3.27. The predicted octanol–water partition coefficient (Wildman–Crippen LogP) is 3.48. The first-order valence-electron chi connectivity index (χ1n) is 7.69. The number of benzene rings is 1. The van der Waals surface area contributed by atoms with Gasteiger partial charge < -0.3 is 9.84 Å². The van der Waals surface area contributed by atoms with E-state index in [-0.39, 0.29) is 6.04 Å². The van der Waals surface area contributed by atoms with Crippen molar-refractivity contribution in [2.24, 2.45) is 0 Å². The smallest absolute Gasteiger partial charge is 0.324 e. The SMILES string of the molecule is CCCC1(C(=O)O)CCCN1C(C)c1cccc(OC)c1. The number of aliphatic carboxylic acids is 1. The number of carbonyl (C=O) groups is 1. The van der Waals surface area contributed by atoms with E-state index in [1.54, 1.807) is 7.11 Å². The third kappa shape index (κ3) is 2.91. The number of ether oxygens (including phenoxy) is 1. The molecular weight excluding hydrogens is 266 g/mol. The van der Waals surface area contributed by atoms with E-state index in [0.29, 0.717) is 6.42 Å². The summed E-state index contributed by atoms with van der Waals surface area (Å²) >= 11 is 0. The summed E-state index contributed by atoms with van der Waals surface area (Å²) in [6.45, 7) is 4.98. The van der Waals surface area contributed by atoms with Gasteiger partial charge in [0.05, 0.1) is 7.11 Å². The molecule has 4 heteroatoms. The minimum atomic E-state index is -0.711. The summed E-state index contributed by atoms with van der Waals surface area (Å²) in [6, 6.07) is 8.00. The van der Waals surface area contributed by atoms with E-state index in [1.807, 2.05) is 24.3 Å². The maximum atomic E-state index is 11.9. The molecule has 0 aliphatic carbocycles. The molecule has 1 N–H and O–H groups in total. The lowest BCUT2D eigenvalue weighted by molar-refractivity contribution is -0.151. The van der Waals surface area contributed by atoms with Crippen molar-refractivity contribution in [1.29, 1.82) is 0 Å². The minimum Gasteiger partial charge on any atom is -0.497 e. The summed E-state index contributed by atoms with van der Waals surface area (Å²) in [5, 5.41) is 9.80. The molecule has 1 aliphatic rings. The lowest BCUT2D eigenvalue weighted by Crippen LogP contribution is -2.51. The van der Waals surface area contributed by atoms with E-state index in [0.717, 1.165) is 37.1 Å². The average molecular weight is 291 g/mol. The number of hydrogen-bond acceptors (Lipinski definition) is 3. The van der Waals surface area contributed by atoms with E-state index in [1.165, 1.54) is 0 Å². The van der Waals surface area contributed by atoms with Crippen LogP contribution in [0.25, 0.3) is 0 Å². The Balaban J connectivity index is 2.31. The Hall–Kier alpha value is -1.55. The highest BCUT2D eigenvalue weighted by molar-refractivity contribution is 5.79. The summed E-state index contributed by atoms with van der Waals surface area (Å²) in [7, 11) is 1.65. The molecule has 116 valence electrons. The van der Waals surface area contributed by atoms with Crippen molar-refractivity contribution >= 4 is 5.97 Å². The van der Waals surface area contributed by atoms with Crippen LogP contribution in [-0.4, -0.2) is 35.2 Å². The summed E-state index contributed by atoms with van der Waals surface area (Å²) in [4.78, 5) is 14.1. The highest BCUT2D eigenvalue weighted by Crippen LogP contribution is 2.40. The van der Waals surface area contributed by atoms with Gasteiger partial charge in [-0.2, -0.15) is 0 Å². The monoisotopic (exact) mass is 291 g/mol. The van der Waals surface area contributed by atoms with Crippen molar-refractivity contribution in [3.05, 3.63) is 29.8 Å². The molecule has 0 saturated carbocycles. The summed E-state index contributed by atoms with van der Waals surface area (Å²) < 4.78 is 5.28. The Labute approximate surface area is 126 Å². The predicted molar refractivity (Wildman–Crippen MR) is 82.6 cm³/mol. The largest absolute Gasteiger partial charge is 0.497 e. The van der Waals surface area contributed by atoms with Crippen LogP contribution in [0.1, 0.15) is 51.1 Å². The molecule has 4 nitrogen and oxygen atoms in total. The van der Waals surface area contributed by atoms with Crippen molar-refractivity contribution in [3.63, 3.8) is 0 Å². The van der Waals surface area contributed by atoms with Crippen LogP contribution in [0.3, 0.4) is 0 Å². The topological polar surface area (TPSA) is 49.8 Å². The van der Waals surface area contributed by atoms with E-state index < -0.39 is 11.5 Å². The fourth-order valence-electron chi connectivity index (χ4n) is 3.56. The molecule has 2 unspecified atom stereocenters. The van der Waals surface area contributed by atoms with Gasteiger partial charge in [-0.05, 0) is 50.4 Å². The maximum Gasteiger partial charge on any atom is 0.324 e. The molecular formula is C17H25NO3. The van der Waals surface area contributed by atoms with Crippen LogP contribution in [0, 0.1) is 0 Å². The second-order valence-corrected chi connectivity index (χ2v) is 5.84. The van der Waals surface area contributed by atoms with Crippen molar-refractivity contribution in [2.45, 2.75) is 51.1 Å². The van der Waals surface area contributed by atoms with Crippen molar-refractivity contribution in [1.82, 2.24) is 4.90 Å². The quantitative estimate of drug-likeness (QED) is 0.872. The van der Waals surface area contributed by atoms with Crippen LogP contribution in [0.2, 0.25) is 0 Å². The number of carboxylic acids is 1. The molecule has 2 rings (SSSR count). The molecule has 0 bridgehead atoms. The molecule has 1 aromatic carbocycles. The summed E-state index contributed by atoms with van der Waals surface area (Å²) in [5.41, 5.74) is 0.398. The highest BCUT2D eigenvalue weighted by Gasteiger charge is 2.48. The van der Waals surface area contributed by atoms with Crippen LogP contribution in [0.4, 0.5) is 0 Å². The fraction of sp³-hybridized carbons (Fsp3) is 0.588. The molecule has 0 aromatic heterocycles. The highest BCUT2D eigenvalue weighted by atomic mass is 16.5. The first kappa shape index (κ1) is 15.8. The van der Waals surface area contributed by atoms with Crippen molar-refractivity contribution in [3.8, 4) is 5.75 Å². The second-order valence-electron chi connectivity index (χ2n) is 5.84. The lowest BCUT2D eigenvalue weighted by Gasteiger charge is -2.39. The van der Waals surface area contributed by atoms with Gasteiger partial charge in [-0.15, -0.1) is 0 Å². The molecule has 0 spiro atoms. The van der Waals surface area contributed by atoms with E-state index >= 15 is 0 Å². The van der Waals surface area contributed by atoms with Crippen molar-refractivity contribution < 1.29 is 14.6 Å². The number of carboxylic acid groups (broad SMARTS) is 1. The van der Waals surface area contributed by atoms with Gasteiger partial charge in [0, 0.05) is 6.04 Å². The maximum absolute atomic E-state index is 11.9. The van der Waals surface area contributed by atoms with Gasteiger partial charge in [-0.3, -0.25) is 9.69 Å². The third-order valence-electron chi connectivity index (χ3n) is 4.64. The molecule has 1 fully saturated rings. The van der Waals surface area contributed by atoms with Gasteiger partial charge in [-0.25, -0.2) is 0 Å². The van der Waals surface area contributed by atoms with Gasteiger partial charge in [0.2, 0.25) is 0 Å². The van der Waals surface area contributed by atoms with Crippen LogP contribution in [0.15, 0.2) is 24.3 Å². The molecule has 1 saturated heterocycles. The zero-order chi connectivity index (χ0) is 15.5. The Bertz CT molecular complexity index is 503. The van der Waals surface area contributed by atoms with Crippen LogP contribution in [-0.2, 0) is 4.79 Å². The van der Waals surface area contributed by atoms with Crippen molar-refractivity contribution in [2.75, 3.05) is 13.7 Å². The Morgan fingerprint density at radius 2 is 2.29 bits per heavy atom. The van der Waals surface area contributed by atoms with E-state index in [2.05, 4.69) is 18.7 Å². The number of rotatable bonds is 6. The van der Waals surface area contributed by atoms with Gasteiger partial charge >= 0.3 is 5.97 Å². The van der Waals surface area contributed by atoms with Crippen LogP contribution >= 0.6 is 0 Å². The number of likely N-dealkylation sites (tertiary alicyclic amines) is 1. The molecule has 1 aliphatic heterocycles. The molecule has 1 heterocycles. The average Bonchev–Trinajstić information content (AvgIpc) is 2.92. The molecule has 0 amide bonds. The molecule has 2 atom stereocenters. The Kier molecular flexibility index (Phi) is 4.88. The molecule has 0 radical (unpaired) electrons. The van der Waals surface area contributed by atoms with E-state index in [4.69, 9.17) is 4.74 Å². The van der Waals surface area contributed by atoms with Gasteiger partial charge in [0.1, 0.15) is 11.3 Å². The first-order chi connectivity index (χ1) is 10.0. The van der Waals surface area contributed by atoms with Crippen LogP contribution < -0.4 is 4.74 Å². The normalized spacial score (nSPS) is 24.0. The lowest BCUT2D eigenvalue weighted by atomic mass is 9.89. The third-order valence-corrected chi connectivity index (χ3v) is 4.64. The van der Waals surface area contributed by atoms with Gasteiger partial charge in [0.25, 0.3) is 0 Å². The molecule has 1 aromatic rings. The molecule has 21 heavy (non-hydrogen) atoms. The summed E-state index contributed by atoms with van der Waals surface area (Å²) in [5.74, 6) is 0.131. The van der Waals surface area contributed by atoms with Gasteiger partial charge in [-0.1, -0.05) is 25.5 Å². The van der Waals surface area contributed by atoms with Crippen LogP contribution in [0.5, 0.6) is 5.75 Å². The Morgan fingerprint density at radius 1 is 1.52 bits per heavy atom. The van der Waals surface area contributed by atoms with E-state index in [9.17, 15) is 9.90 Å². The first-order valence-corrected chi connectivity index (χ1v) is 7.69. The number of hydrogen-bond donors (Lipinski definition) is 1. The minimum absolute atomic E-state index is 0.0743. The zero-order valence-corrected chi connectivity index (χ0v) is 13.1. The fourth-order valence-corrected chi connectivity index (χ4v) is 3.56. The van der Waals surface area contributed by atoms with Gasteiger partial charge in [0.15, 0.2) is 0 Å². The number of methoxy groups -OCH3 is 1. The zero-order valence-electron chi connectivity index (χ0n) is 13.1.